The van der Waals surface area contributed by atoms with Gasteiger partial charge in [0.1, 0.15) is 5.75 Å². The molecule has 2 atom stereocenters. The maximum absolute atomic E-state index is 5.71. The van der Waals surface area contributed by atoms with E-state index in [1.165, 1.54) is 0 Å². The molecule has 108 valence electrons. The fourth-order valence-electron chi connectivity index (χ4n) is 2.02. The van der Waals surface area contributed by atoms with Gasteiger partial charge in [-0.3, -0.25) is 16.3 Å². The first-order valence-corrected chi connectivity index (χ1v) is 6.81. The minimum Gasteiger partial charge on any atom is -0.489 e. The molecule has 0 aromatic carbocycles. The van der Waals surface area contributed by atoms with Crippen LogP contribution < -0.4 is 16.0 Å². The third-order valence-corrected chi connectivity index (χ3v) is 2.80. The molecule has 0 saturated carbocycles. The summed E-state index contributed by atoms with van der Waals surface area (Å²) in [7, 11) is 0. The highest BCUT2D eigenvalue weighted by Gasteiger charge is 2.21. The van der Waals surface area contributed by atoms with Gasteiger partial charge >= 0.3 is 0 Å². The predicted octanol–water partition coefficient (Wildman–Crippen LogP) is 2.19. The molecule has 0 fully saturated rings. The van der Waals surface area contributed by atoms with Crippen LogP contribution in [0.4, 0.5) is 0 Å². The summed E-state index contributed by atoms with van der Waals surface area (Å²) >= 11 is 0. The Morgan fingerprint density at radius 2 is 2.05 bits per heavy atom. The van der Waals surface area contributed by atoms with Crippen molar-refractivity contribution in [1.82, 2.24) is 10.4 Å². The van der Waals surface area contributed by atoms with Gasteiger partial charge in [-0.15, -0.1) is 0 Å². The van der Waals surface area contributed by atoms with Crippen molar-refractivity contribution in [3.63, 3.8) is 0 Å². The molecular formula is C14H25N3O2. The van der Waals surface area contributed by atoms with Gasteiger partial charge in [-0.25, -0.2) is 0 Å². The van der Waals surface area contributed by atoms with E-state index in [0.29, 0.717) is 6.61 Å². The van der Waals surface area contributed by atoms with Crippen LogP contribution in [-0.4, -0.2) is 23.8 Å². The van der Waals surface area contributed by atoms with Gasteiger partial charge in [0.2, 0.25) is 0 Å². The molecule has 1 heterocycles. The Labute approximate surface area is 115 Å². The quantitative estimate of drug-likeness (QED) is 0.558. The summed E-state index contributed by atoms with van der Waals surface area (Å²) in [6, 6.07) is 1.87. The monoisotopic (exact) mass is 267 g/mol. The molecule has 5 nitrogen and oxygen atoms in total. The largest absolute Gasteiger partial charge is 0.489 e. The van der Waals surface area contributed by atoms with E-state index in [1.807, 2.05) is 26.8 Å². The highest BCUT2D eigenvalue weighted by atomic mass is 16.5. The minimum absolute atomic E-state index is 0.0195. The molecule has 1 aromatic heterocycles. The molecule has 0 aliphatic heterocycles. The van der Waals surface area contributed by atoms with Crippen LogP contribution in [0.5, 0.6) is 5.75 Å². The normalized spacial score (nSPS) is 14.4. The summed E-state index contributed by atoms with van der Waals surface area (Å²) in [5.74, 6) is 6.41. The van der Waals surface area contributed by atoms with Crippen LogP contribution in [0.3, 0.4) is 0 Å². The van der Waals surface area contributed by atoms with Crippen molar-refractivity contribution in [3.8, 4) is 5.75 Å². The average molecular weight is 267 g/mol. The molecule has 0 aliphatic carbocycles. The number of pyridine rings is 1. The zero-order valence-electron chi connectivity index (χ0n) is 12.2. The molecule has 1 aromatic rings. The van der Waals surface area contributed by atoms with Crippen molar-refractivity contribution in [2.24, 2.45) is 5.84 Å². The summed E-state index contributed by atoms with van der Waals surface area (Å²) < 4.78 is 11.4. The van der Waals surface area contributed by atoms with Crippen molar-refractivity contribution < 1.29 is 9.47 Å². The summed E-state index contributed by atoms with van der Waals surface area (Å²) in [5, 5.41) is 0. The van der Waals surface area contributed by atoms with Gasteiger partial charge in [-0.05, 0) is 38.8 Å². The van der Waals surface area contributed by atoms with E-state index in [1.54, 1.807) is 12.4 Å². The molecule has 2 unspecified atom stereocenters. The fourth-order valence-corrected chi connectivity index (χ4v) is 2.02. The van der Waals surface area contributed by atoms with Crippen molar-refractivity contribution >= 4 is 0 Å². The number of aromatic nitrogens is 1. The summed E-state index contributed by atoms with van der Waals surface area (Å²) in [6.45, 7) is 8.69. The number of ether oxygens (including phenoxy) is 2. The van der Waals surface area contributed by atoms with Crippen LogP contribution in [0.15, 0.2) is 18.5 Å². The first kappa shape index (κ1) is 15.9. The lowest BCUT2D eigenvalue weighted by Crippen LogP contribution is -2.38. The standard InChI is InChI=1S/C14H25N3O2/c1-5-13(18-6-2)14(17-15)11-7-12(9-16-8-11)19-10(3)4/h7-10,13-14,17H,5-6,15H2,1-4H3. The Hall–Kier alpha value is -1.17. The zero-order valence-corrected chi connectivity index (χ0v) is 12.2. The third kappa shape index (κ3) is 4.78. The minimum atomic E-state index is -0.0897. The molecule has 0 spiro atoms. The van der Waals surface area contributed by atoms with Crippen LogP contribution >= 0.6 is 0 Å². The van der Waals surface area contributed by atoms with Gasteiger partial charge in [-0.2, -0.15) is 0 Å². The molecule has 0 saturated heterocycles. The maximum Gasteiger partial charge on any atom is 0.138 e. The smallest absolute Gasteiger partial charge is 0.138 e. The second-order valence-electron chi connectivity index (χ2n) is 4.67. The summed E-state index contributed by atoms with van der Waals surface area (Å²) in [4.78, 5) is 4.21. The number of nitrogens with one attached hydrogen (secondary N) is 1. The lowest BCUT2D eigenvalue weighted by atomic mass is 10.0. The van der Waals surface area contributed by atoms with Gasteiger partial charge in [-0.1, -0.05) is 6.92 Å². The molecule has 3 N–H and O–H groups in total. The van der Waals surface area contributed by atoms with Gasteiger partial charge in [0.05, 0.1) is 24.4 Å². The van der Waals surface area contributed by atoms with Crippen LogP contribution in [-0.2, 0) is 4.74 Å². The Balaban J connectivity index is 2.90. The number of rotatable bonds is 8. The van der Waals surface area contributed by atoms with E-state index in [9.17, 15) is 0 Å². The maximum atomic E-state index is 5.71. The fraction of sp³-hybridized carbons (Fsp3) is 0.643. The SMILES string of the molecule is CCOC(CC)C(NN)c1cncc(OC(C)C)c1. The van der Waals surface area contributed by atoms with Crippen molar-refractivity contribution in [1.29, 1.82) is 0 Å². The average Bonchev–Trinajstić information content (AvgIpc) is 2.38. The third-order valence-electron chi connectivity index (χ3n) is 2.80. The first-order chi connectivity index (χ1) is 9.12. The van der Waals surface area contributed by atoms with Crippen molar-refractivity contribution in [2.45, 2.75) is 52.4 Å². The van der Waals surface area contributed by atoms with Crippen LogP contribution in [0.2, 0.25) is 0 Å². The molecule has 19 heavy (non-hydrogen) atoms. The van der Waals surface area contributed by atoms with E-state index in [4.69, 9.17) is 15.3 Å². The van der Waals surface area contributed by atoms with Gasteiger partial charge in [0, 0.05) is 12.8 Å². The number of hydrazine groups is 1. The Bertz CT molecular complexity index is 371. The molecule has 0 amide bonds. The molecule has 0 radical (unpaired) electrons. The van der Waals surface area contributed by atoms with Crippen LogP contribution in [0, 0.1) is 0 Å². The molecule has 1 rings (SSSR count). The van der Waals surface area contributed by atoms with Crippen molar-refractivity contribution in [2.75, 3.05) is 6.61 Å². The van der Waals surface area contributed by atoms with E-state index in [-0.39, 0.29) is 18.2 Å². The predicted molar refractivity (Wildman–Crippen MR) is 75.8 cm³/mol. The van der Waals surface area contributed by atoms with Crippen LogP contribution in [0.1, 0.15) is 45.7 Å². The topological polar surface area (TPSA) is 69.4 Å². The lowest BCUT2D eigenvalue weighted by Gasteiger charge is -2.26. The Morgan fingerprint density at radius 3 is 2.58 bits per heavy atom. The molecular weight excluding hydrogens is 242 g/mol. The number of hydrogen-bond donors (Lipinski definition) is 2. The lowest BCUT2D eigenvalue weighted by molar-refractivity contribution is 0.0312. The van der Waals surface area contributed by atoms with Gasteiger partial charge < -0.3 is 9.47 Å². The highest BCUT2D eigenvalue weighted by molar-refractivity contribution is 5.26. The van der Waals surface area contributed by atoms with Crippen LogP contribution in [0.25, 0.3) is 0 Å². The van der Waals surface area contributed by atoms with E-state index >= 15 is 0 Å². The molecule has 0 bridgehead atoms. The second-order valence-corrected chi connectivity index (χ2v) is 4.67. The van der Waals surface area contributed by atoms with Gasteiger partial charge in [0.25, 0.3) is 0 Å². The first-order valence-electron chi connectivity index (χ1n) is 6.81. The number of hydrogen-bond acceptors (Lipinski definition) is 5. The van der Waals surface area contributed by atoms with E-state index in [2.05, 4.69) is 17.3 Å². The van der Waals surface area contributed by atoms with E-state index < -0.39 is 0 Å². The number of nitrogens with zero attached hydrogens (tertiary/aromatic N) is 1. The second kappa shape index (κ2) is 8.09. The highest BCUT2D eigenvalue weighted by Crippen LogP contribution is 2.24. The molecule has 5 heteroatoms. The summed E-state index contributed by atoms with van der Waals surface area (Å²) in [6.07, 6.45) is 4.51. The van der Waals surface area contributed by atoms with E-state index in [0.717, 1.165) is 17.7 Å². The zero-order chi connectivity index (χ0) is 14.3. The number of nitrogens with two attached hydrogens (primary N) is 1. The Kier molecular flexibility index (Phi) is 6.77. The molecule has 0 aliphatic rings. The summed E-state index contributed by atoms with van der Waals surface area (Å²) in [5.41, 5.74) is 3.79. The Morgan fingerprint density at radius 1 is 1.32 bits per heavy atom. The van der Waals surface area contributed by atoms with Crippen molar-refractivity contribution in [3.05, 3.63) is 24.0 Å². The van der Waals surface area contributed by atoms with Gasteiger partial charge in [0.15, 0.2) is 0 Å².